The van der Waals surface area contributed by atoms with E-state index in [0.29, 0.717) is 0 Å². The van der Waals surface area contributed by atoms with Gasteiger partial charge in [-0.2, -0.15) is 0 Å². The molecule has 0 fully saturated rings. The van der Waals surface area contributed by atoms with Crippen LogP contribution in [0.5, 0.6) is 0 Å². The third kappa shape index (κ3) is 2.79. The predicted molar refractivity (Wildman–Crippen MR) is 82.4 cm³/mol. The van der Waals surface area contributed by atoms with Gasteiger partial charge in [0.15, 0.2) is 0 Å². The number of hydrogen-bond acceptors (Lipinski definition) is 2. The van der Waals surface area contributed by atoms with Crippen molar-refractivity contribution in [3.8, 4) is 0 Å². The molecule has 19 heavy (non-hydrogen) atoms. The first-order chi connectivity index (χ1) is 8.80. The van der Waals surface area contributed by atoms with Crippen molar-refractivity contribution in [3.63, 3.8) is 0 Å². The zero-order valence-electron chi connectivity index (χ0n) is 12.2. The maximum Gasteiger partial charge on any atom is 0.203 e. The van der Waals surface area contributed by atoms with Crippen LogP contribution in [0.1, 0.15) is 52.0 Å². The maximum atomic E-state index is 12.6. The summed E-state index contributed by atoms with van der Waals surface area (Å²) in [4.78, 5) is 14.7. The van der Waals surface area contributed by atoms with Crippen LogP contribution in [0.25, 0.3) is 0 Å². The van der Waals surface area contributed by atoms with Crippen LogP contribution in [0, 0.1) is 13.8 Å². The van der Waals surface area contributed by atoms with Crippen molar-refractivity contribution in [1.29, 1.82) is 0 Å². The number of benzene rings is 1. The summed E-state index contributed by atoms with van der Waals surface area (Å²) in [5, 5.41) is 0. The quantitative estimate of drug-likeness (QED) is 0.711. The topological polar surface area (TPSA) is 17.1 Å². The van der Waals surface area contributed by atoms with Crippen LogP contribution in [0.15, 0.2) is 30.3 Å². The Morgan fingerprint density at radius 2 is 1.74 bits per heavy atom. The molecule has 0 spiro atoms. The van der Waals surface area contributed by atoms with Gasteiger partial charge in [0, 0.05) is 10.4 Å². The highest BCUT2D eigenvalue weighted by molar-refractivity contribution is 7.14. The summed E-state index contributed by atoms with van der Waals surface area (Å²) in [6.45, 7) is 10.6. The smallest absolute Gasteiger partial charge is 0.203 e. The van der Waals surface area contributed by atoms with Crippen LogP contribution >= 0.6 is 11.3 Å². The van der Waals surface area contributed by atoms with Gasteiger partial charge in [0.1, 0.15) is 0 Å². The van der Waals surface area contributed by atoms with Crippen molar-refractivity contribution in [3.05, 3.63) is 56.8 Å². The minimum absolute atomic E-state index is 0.102. The van der Waals surface area contributed by atoms with Gasteiger partial charge in [-0.3, -0.25) is 4.79 Å². The SMILES string of the molecule is Cc1cccc(C(=O)c2ccc(C(C)(C)C)s2)c1C. The molecule has 2 heteroatoms. The normalized spacial score (nSPS) is 11.6. The Balaban J connectivity index is 2.40. The molecule has 0 aliphatic heterocycles. The average molecular weight is 272 g/mol. The summed E-state index contributed by atoms with van der Waals surface area (Å²) < 4.78 is 0. The van der Waals surface area contributed by atoms with E-state index in [-0.39, 0.29) is 11.2 Å². The highest BCUT2D eigenvalue weighted by atomic mass is 32.1. The minimum Gasteiger partial charge on any atom is -0.288 e. The lowest BCUT2D eigenvalue weighted by molar-refractivity contribution is 0.104. The number of ketones is 1. The highest BCUT2D eigenvalue weighted by Crippen LogP contribution is 2.31. The van der Waals surface area contributed by atoms with Gasteiger partial charge in [-0.15, -0.1) is 11.3 Å². The summed E-state index contributed by atoms with van der Waals surface area (Å²) in [5.74, 6) is 0.140. The van der Waals surface area contributed by atoms with E-state index in [4.69, 9.17) is 0 Å². The van der Waals surface area contributed by atoms with Gasteiger partial charge in [0.25, 0.3) is 0 Å². The second-order valence-corrected chi connectivity index (χ2v) is 7.07. The van der Waals surface area contributed by atoms with E-state index in [1.54, 1.807) is 11.3 Å². The first kappa shape index (κ1) is 14.0. The largest absolute Gasteiger partial charge is 0.288 e. The van der Waals surface area contributed by atoms with Crippen molar-refractivity contribution in [2.45, 2.75) is 40.0 Å². The first-order valence-electron chi connectivity index (χ1n) is 6.52. The molecule has 1 aromatic heterocycles. The second kappa shape index (κ2) is 4.93. The number of carbonyl (C=O) groups excluding carboxylic acids is 1. The molecular formula is C17H20OS. The van der Waals surface area contributed by atoms with Crippen molar-refractivity contribution in [1.82, 2.24) is 0 Å². The van der Waals surface area contributed by atoms with E-state index in [0.717, 1.165) is 16.0 Å². The lowest BCUT2D eigenvalue weighted by Gasteiger charge is -2.15. The molecule has 0 radical (unpaired) electrons. The maximum absolute atomic E-state index is 12.6. The number of thiophene rings is 1. The van der Waals surface area contributed by atoms with Gasteiger partial charge in [0.2, 0.25) is 5.78 Å². The van der Waals surface area contributed by atoms with Gasteiger partial charge >= 0.3 is 0 Å². The lowest BCUT2D eigenvalue weighted by Crippen LogP contribution is -2.08. The van der Waals surface area contributed by atoms with Crippen LogP contribution in [-0.4, -0.2) is 5.78 Å². The molecule has 2 rings (SSSR count). The van der Waals surface area contributed by atoms with E-state index < -0.39 is 0 Å². The molecule has 0 amide bonds. The molecule has 0 aliphatic rings. The van der Waals surface area contributed by atoms with Gasteiger partial charge < -0.3 is 0 Å². The van der Waals surface area contributed by atoms with Crippen LogP contribution in [0.2, 0.25) is 0 Å². The molecule has 0 unspecified atom stereocenters. The van der Waals surface area contributed by atoms with E-state index in [1.807, 2.05) is 38.1 Å². The molecule has 0 N–H and O–H groups in total. The molecule has 0 bridgehead atoms. The van der Waals surface area contributed by atoms with Crippen molar-refractivity contribution >= 4 is 17.1 Å². The third-order valence-corrected chi connectivity index (χ3v) is 4.93. The summed E-state index contributed by atoms with van der Waals surface area (Å²) in [6, 6.07) is 9.94. The number of hydrogen-bond donors (Lipinski definition) is 0. The second-order valence-electron chi connectivity index (χ2n) is 5.99. The molecule has 1 aromatic carbocycles. The molecule has 100 valence electrons. The molecule has 0 saturated carbocycles. The van der Waals surface area contributed by atoms with Gasteiger partial charge in [-0.05, 0) is 42.5 Å². The fourth-order valence-corrected chi connectivity index (χ4v) is 3.01. The van der Waals surface area contributed by atoms with E-state index in [9.17, 15) is 4.79 Å². The van der Waals surface area contributed by atoms with Gasteiger partial charge in [-0.1, -0.05) is 39.0 Å². The molecule has 2 aromatic rings. The zero-order chi connectivity index (χ0) is 14.2. The Hall–Kier alpha value is -1.41. The average Bonchev–Trinajstić information content (AvgIpc) is 2.81. The summed E-state index contributed by atoms with van der Waals surface area (Å²) in [6.07, 6.45) is 0. The van der Waals surface area contributed by atoms with Gasteiger partial charge in [-0.25, -0.2) is 0 Å². The standard InChI is InChI=1S/C17H20OS/c1-11-7-6-8-13(12(11)2)16(18)14-9-10-15(19-14)17(3,4)5/h6-10H,1-5H3. The van der Waals surface area contributed by atoms with E-state index in [1.165, 1.54) is 10.4 Å². The summed E-state index contributed by atoms with van der Waals surface area (Å²) in [5.41, 5.74) is 3.17. The highest BCUT2D eigenvalue weighted by Gasteiger charge is 2.20. The van der Waals surface area contributed by atoms with Gasteiger partial charge in [0.05, 0.1) is 4.88 Å². The van der Waals surface area contributed by atoms with Crippen molar-refractivity contribution < 1.29 is 4.79 Å². The third-order valence-electron chi connectivity index (χ3n) is 3.42. The number of aryl methyl sites for hydroxylation is 1. The van der Waals surface area contributed by atoms with Crippen LogP contribution in [0.3, 0.4) is 0 Å². The van der Waals surface area contributed by atoms with E-state index in [2.05, 4.69) is 26.8 Å². The number of rotatable bonds is 2. The Kier molecular flexibility index (Phi) is 3.64. The minimum atomic E-state index is 0.102. The number of carbonyl (C=O) groups is 1. The Morgan fingerprint density at radius 1 is 1.05 bits per heavy atom. The first-order valence-corrected chi connectivity index (χ1v) is 7.33. The fourth-order valence-electron chi connectivity index (χ4n) is 1.99. The Bertz CT molecular complexity index is 614. The lowest BCUT2D eigenvalue weighted by atomic mass is 9.95. The summed E-state index contributed by atoms with van der Waals surface area (Å²) >= 11 is 1.61. The Morgan fingerprint density at radius 3 is 2.32 bits per heavy atom. The molecule has 0 aliphatic carbocycles. The fraction of sp³-hybridized carbons (Fsp3) is 0.353. The van der Waals surface area contributed by atoms with E-state index >= 15 is 0 Å². The molecule has 1 heterocycles. The monoisotopic (exact) mass is 272 g/mol. The van der Waals surface area contributed by atoms with Crippen molar-refractivity contribution in [2.24, 2.45) is 0 Å². The molecular weight excluding hydrogens is 252 g/mol. The van der Waals surface area contributed by atoms with Crippen molar-refractivity contribution in [2.75, 3.05) is 0 Å². The van der Waals surface area contributed by atoms with Crippen LogP contribution in [-0.2, 0) is 5.41 Å². The zero-order valence-corrected chi connectivity index (χ0v) is 13.0. The Labute approximate surface area is 119 Å². The summed E-state index contributed by atoms with van der Waals surface area (Å²) in [7, 11) is 0. The molecule has 1 nitrogen and oxygen atoms in total. The van der Waals surface area contributed by atoms with Crippen LogP contribution < -0.4 is 0 Å². The predicted octanol–water partition coefficient (Wildman–Crippen LogP) is 4.89. The van der Waals surface area contributed by atoms with Crippen LogP contribution in [0.4, 0.5) is 0 Å². The molecule has 0 saturated heterocycles. The molecule has 0 atom stereocenters.